The Hall–Kier alpha value is -2.14. The number of imidazole rings is 1. The molecule has 0 bridgehead atoms. The Morgan fingerprint density at radius 3 is 2.81 bits per heavy atom. The highest BCUT2D eigenvalue weighted by atomic mass is 15.1. The van der Waals surface area contributed by atoms with Gasteiger partial charge >= 0.3 is 0 Å². The van der Waals surface area contributed by atoms with Crippen LogP contribution in [0.2, 0.25) is 0 Å². The normalized spacial score (nSPS) is 15.9. The number of nitrogens with two attached hydrogens (primary N) is 1. The molecule has 0 atom stereocenters. The standard InChI is InChI=1S/C21H29N5/c1-2-3-8-18-25-19-20(16-6-4-5-7-17(16)24-21(19)22)26(18)14-11-15-9-12-23-13-10-15/h4-7,15,23H,2-3,8-14H2,1H3,(H2,22,24). The lowest BCUT2D eigenvalue weighted by Gasteiger charge is -2.23. The zero-order valence-electron chi connectivity index (χ0n) is 15.7. The molecule has 26 heavy (non-hydrogen) atoms. The van der Waals surface area contributed by atoms with Gasteiger partial charge in [0, 0.05) is 18.4 Å². The summed E-state index contributed by atoms with van der Waals surface area (Å²) in [5, 5.41) is 4.63. The molecule has 1 fully saturated rings. The molecule has 1 aromatic carbocycles. The van der Waals surface area contributed by atoms with Crippen LogP contribution in [0.25, 0.3) is 21.9 Å². The maximum absolute atomic E-state index is 6.28. The molecule has 4 rings (SSSR count). The van der Waals surface area contributed by atoms with Crippen molar-refractivity contribution in [1.82, 2.24) is 19.9 Å². The number of anilines is 1. The molecule has 0 spiro atoms. The van der Waals surface area contributed by atoms with Crippen molar-refractivity contribution in [2.75, 3.05) is 18.8 Å². The van der Waals surface area contributed by atoms with E-state index in [1.54, 1.807) is 0 Å². The predicted octanol–water partition coefficient (Wildman–Crippen LogP) is 3.90. The van der Waals surface area contributed by atoms with Gasteiger partial charge in [-0.05, 0) is 50.8 Å². The van der Waals surface area contributed by atoms with Crippen LogP contribution in [0.5, 0.6) is 0 Å². The van der Waals surface area contributed by atoms with Crippen molar-refractivity contribution < 1.29 is 0 Å². The van der Waals surface area contributed by atoms with Crippen LogP contribution >= 0.6 is 0 Å². The lowest BCUT2D eigenvalue weighted by Crippen LogP contribution is -2.28. The summed E-state index contributed by atoms with van der Waals surface area (Å²) < 4.78 is 2.44. The Kier molecular flexibility index (Phi) is 5.07. The maximum atomic E-state index is 6.28. The minimum absolute atomic E-state index is 0.553. The molecule has 3 heterocycles. The van der Waals surface area contributed by atoms with Crippen molar-refractivity contribution >= 4 is 27.8 Å². The van der Waals surface area contributed by atoms with Crippen molar-refractivity contribution in [3.8, 4) is 0 Å². The lowest BCUT2D eigenvalue weighted by molar-refractivity contribution is 0.337. The van der Waals surface area contributed by atoms with Crippen LogP contribution in [0.1, 0.15) is 44.9 Å². The van der Waals surface area contributed by atoms with Crippen LogP contribution < -0.4 is 11.1 Å². The first kappa shape index (κ1) is 17.3. The second kappa shape index (κ2) is 7.62. The summed E-state index contributed by atoms with van der Waals surface area (Å²) in [5.74, 6) is 2.52. The Bertz CT molecular complexity index is 892. The fourth-order valence-electron chi connectivity index (χ4n) is 4.15. The molecule has 138 valence electrons. The molecule has 3 aromatic rings. The number of rotatable bonds is 6. The third-order valence-corrected chi connectivity index (χ3v) is 5.66. The Morgan fingerprint density at radius 2 is 2.00 bits per heavy atom. The molecular weight excluding hydrogens is 322 g/mol. The molecule has 5 nitrogen and oxygen atoms in total. The smallest absolute Gasteiger partial charge is 0.152 e. The minimum atomic E-state index is 0.553. The van der Waals surface area contributed by atoms with Crippen LogP contribution in [0.15, 0.2) is 24.3 Å². The number of piperidine rings is 1. The number of aryl methyl sites for hydroxylation is 2. The number of hydrogen-bond acceptors (Lipinski definition) is 4. The van der Waals surface area contributed by atoms with Gasteiger partial charge in [-0.1, -0.05) is 31.5 Å². The average molecular weight is 351 g/mol. The van der Waals surface area contributed by atoms with E-state index >= 15 is 0 Å². The number of pyridine rings is 1. The molecule has 2 aromatic heterocycles. The zero-order valence-corrected chi connectivity index (χ0v) is 15.7. The monoisotopic (exact) mass is 351 g/mol. The van der Waals surface area contributed by atoms with Gasteiger partial charge in [-0.15, -0.1) is 0 Å². The molecule has 0 saturated carbocycles. The Labute approximate surface area is 155 Å². The number of hydrogen-bond donors (Lipinski definition) is 2. The van der Waals surface area contributed by atoms with Crippen molar-refractivity contribution in [2.45, 2.75) is 52.0 Å². The van der Waals surface area contributed by atoms with E-state index in [0.29, 0.717) is 5.82 Å². The molecule has 0 amide bonds. The number of aromatic nitrogens is 3. The molecule has 0 radical (unpaired) electrons. The number of nitrogens with one attached hydrogen (secondary N) is 1. The third kappa shape index (κ3) is 3.28. The van der Waals surface area contributed by atoms with Gasteiger partial charge < -0.3 is 15.6 Å². The highest BCUT2D eigenvalue weighted by Crippen LogP contribution is 2.30. The zero-order chi connectivity index (χ0) is 17.9. The third-order valence-electron chi connectivity index (χ3n) is 5.66. The highest BCUT2D eigenvalue weighted by Gasteiger charge is 2.19. The van der Waals surface area contributed by atoms with Crippen LogP contribution in [-0.2, 0) is 13.0 Å². The SMILES string of the molecule is CCCCc1nc2c(N)nc3ccccc3c2n1CCC1CCNCC1. The first-order chi connectivity index (χ1) is 12.8. The van der Waals surface area contributed by atoms with E-state index in [4.69, 9.17) is 10.7 Å². The largest absolute Gasteiger partial charge is 0.382 e. The van der Waals surface area contributed by atoms with Gasteiger partial charge in [-0.3, -0.25) is 0 Å². The summed E-state index contributed by atoms with van der Waals surface area (Å²) in [5.41, 5.74) is 9.29. The van der Waals surface area contributed by atoms with Gasteiger partial charge in [0.05, 0.1) is 11.0 Å². The van der Waals surface area contributed by atoms with Gasteiger partial charge in [0.1, 0.15) is 11.3 Å². The van der Waals surface area contributed by atoms with Crippen LogP contribution in [0.3, 0.4) is 0 Å². The number of nitrogens with zero attached hydrogens (tertiary/aromatic N) is 3. The van der Waals surface area contributed by atoms with Crippen molar-refractivity contribution in [2.24, 2.45) is 5.92 Å². The Morgan fingerprint density at radius 1 is 1.19 bits per heavy atom. The topological polar surface area (TPSA) is 68.8 Å². The van der Waals surface area contributed by atoms with Gasteiger partial charge in [-0.2, -0.15) is 0 Å². The lowest BCUT2D eigenvalue weighted by atomic mass is 9.94. The Balaban J connectivity index is 1.78. The van der Waals surface area contributed by atoms with E-state index in [0.717, 1.165) is 54.8 Å². The molecule has 5 heteroatoms. The van der Waals surface area contributed by atoms with E-state index in [2.05, 4.69) is 33.9 Å². The highest BCUT2D eigenvalue weighted by molar-refractivity contribution is 6.06. The van der Waals surface area contributed by atoms with E-state index in [-0.39, 0.29) is 0 Å². The molecule has 1 aliphatic heterocycles. The summed E-state index contributed by atoms with van der Waals surface area (Å²) in [7, 11) is 0. The minimum Gasteiger partial charge on any atom is -0.382 e. The molecule has 1 saturated heterocycles. The summed E-state index contributed by atoms with van der Waals surface area (Å²) in [6, 6.07) is 8.29. The van der Waals surface area contributed by atoms with Crippen molar-refractivity contribution in [3.05, 3.63) is 30.1 Å². The first-order valence-electron chi connectivity index (χ1n) is 10.0. The average Bonchev–Trinajstić information content (AvgIpc) is 3.05. The second-order valence-electron chi connectivity index (χ2n) is 7.48. The fraction of sp³-hybridized carbons (Fsp3) is 0.524. The van der Waals surface area contributed by atoms with Gasteiger partial charge in [0.2, 0.25) is 0 Å². The van der Waals surface area contributed by atoms with E-state index < -0.39 is 0 Å². The van der Waals surface area contributed by atoms with Crippen LogP contribution in [0.4, 0.5) is 5.82 Å². The van der Waals surface area contributed by atoms with Gasteiger partial charge in [-0.25, -0.2) is 9.97 Å². The van der Waals surface area contributed by atoms with E-state index in [1.165, 1.54) is 37.0 Å². The quantitative estimate of drug-likeness (QED) is 0.707. The summed E-state index contributed by atoms with van der Waals surface area (Å²) >= 11 is 0. The first-order valence-corrected chi connectivity index (χ1v) is 10.0. The van der Waals surface area contributed by atoms with Crippen LogP contribution in [-0.4, -0.2) is 27.6 Å². The summed E-state index contributed by atoms with van der Waals surface area (Å²) in [4.78, 5) is 9.51. The van der Waals surface area contributed by atoms with E-state index in [1.807, 2.05) is 12.1 Å². The molecule has 0 aliphatic carbocycles. The van der Waals surface area contributed by atoms with Crippen LogP contribution in [0, 0.1) is 5.92 Å². The van der Waals surface area contributed by atoms with Crippen molar-refractivity contribution in [1.29, 1.82) is 0 Å². The summed E-state index contributed by atoms with van der Waals surface area (Å²) in [6.45, 7) is 5.55. The number of benzene rings is 1. The fourth-order valence-corrected chi connectivity index (χ4v) is 4.15. The van der Waals surface area contributed by atoms with Crippen molar-refractivity contribution in [3.63, 3.8) is 0 Å². The number of fused-ring (bicyclic) bond motifs is 3. The number of unbranched alkanes of at least 4 members (excludes halogenated alkanes) is 1. The van der Waals surface area contributed by atoms with Gasteiger partial charge in [0.15, 0.2) is 5.82 Å². The van der Waals surface area contributed by atoms with E-state index in [9.17, 15) is 0 Å². The molecular formula is C21H29N5. The maximum Gasteiger partial charge on any atom is 0.152 e. The predicted molar refractivity (Wildman–Crippen MR) is 108 cm³/mol. The number of para-hydroxylation sites is 1. The molecule has 1 aliphatic rings. The molecule has 0 unspecified atom stereocenters. The number of nitrogen functional groups attached to an aromatic ring is 1. The second-order valence-corrected chi connectivity index (χ2v) is 7.48. The van der Waals surface area contributed by atoms with Gasteiger partial charge in [0.25, 0.3) is 0 Å². The summed E-state index contributed by atoms with van der Waals surface area (Å²) in [6.07, 6.45) is 7.10. The molecule has 3 N–H and O–H groups in total.